The van der Waals surface area contributed by atoms with Crippen molar-refractivity contribution in [2.24, 2.45) is 0 Å². The lowest BCUT2D eigenvalue weighted by molar-refractivity contribution is -0.145. The Morgan fingerprint density at radius 3 is 2.27 bits per heavy atom. The standard InChI is InChI=1S/C20H23NO5/c1-3-25-19(22)18(13-15-9-11-17(24-2)12-10-15)21-20(23)26-14-16-7-5-4-6-8-16/h4-12,18H,3,13-14H2,1-2H3,(H,21,23)/t18-/m0/s1. The summed E-state index contributed by atoms with van der Waals surface area (Å²) in [7, 11) is 1.58. The van der Waals surface area contributed by atoms with Crippen molar-refractivity contribution >= 4 is 12.1 Å². The Morgan fingerprint density at radius 2 is 1.65 bits per heavy atom. The maximum absolute atomic E-state index is 12.2. The van der Waals surface area contributed by atoms with Gasteiger partial charge in [-0.2, -0.15) is 0 Å². The lowest BCUT2D eigenvalue weighted by Gasteiger charge is -2.17. The molecular formula is C20H23NO5. The highest BCUT2D eigenvalue weighted by Gasteiger charge is 2.23. The third-order valence-electron chi connectivity index (χ3n) is 3.67. The highest BCUT2D eigenvalue weighted by molar-refractivity contribution is 5.81. The summed E-state index contributed by atoms with van der Waals surface area (Å²) in [4.78, 5) is 24.2. The fraction of sp³-hybridized carbons (Fsp3) is 0.300. The number of esters is 1. The molecule has 1 N–H and O–H groups in total. The second-order valence-electron chi connectivity index (χ2n) is 5.56. The summed E-state index contributed by atoms with van der Waals surface area (Å²) in [6.07, 6.45) is -0.371. The Hall–Kier alpha value is -3.02. The summed E-state index contributed by atoms with van der Waals surface area (Å²) in [5.74, 6) is 0.219. The van der Waals surface area contributed by atoms with Gasteiger partial charge in [0.25, 0.3) is 0 Å². The van der Waals surface area contributed by atoms with Crippen LogP contribution in [0.3, 0.4) is 0 Å². The molecule has 2 aromatic carbocycles. The smallest absolute Gasteiger partial charge is 0.408 e. The number of carbonyl (C=O) groups excluding carboxylic acids is 2. The van der Waals surface area contributed by atoms with E-state index in [0.717, 1.165) is 16.9 Å². The van der Waals surface area contributed by atoms with Crippen molar-refractivity contribution in [3.8, 4) is 5.75 Å². The highest BCUT2D eigenvalue weighted by atomic mass is 16.6. The van der Waals surface area contributed by atoms with Gasteiger partial charge in [0, 0.05) is 6.42 Å². The van der Waals surface area contributed by atoms with Crippen LogP contribution in [0.25, 0.3) is 0 Å². The van der Waals surface area contributed by atoms with Gasteiger partial charge in [0.2, 0.25) is 0 Å². The number of carbonyl (C=O) groups is 2. The number of methoxy groups -OCH3 is 1. The van der Waals surface area contributed by atoms with Gasteiger partial charge in [0.15, 0.2) is 0 Å². The van der Waals surface area contributed by atoms with Gasteiger partial charge in [-0.25, -0.2) is 9.59 Å². The number of benzene rings is 2. The molecule has 1 amide bonds. The van der Waals surface area contributed by atoms with Crippen molar-refractivity contribution in [1.82, 2.24) is 5.32 Å². The molecule has 0 saturated carbocycles. The molecule has 6 heteroatoms. The molecule has 0 unspecified atom stereocenters. The maximum atomic E-state index is 12.2. The molecule has 0 fully saturated rings. The van der Waals surface area contributed by atoms with Crippen molar-refractivity contribution in [2.75, 3.05) is 13.7 Å². The third-order valence-corrected chi connectivity index (χ3v) is 3.67. The molecule has 0 aromatic heterocycles. The molecule has 0 radical (unpaired) electrons. The molecule has 0 aliphatic carbocycles. The molecule has 0 heterocycles. The molecule has 0 bridgehead atoms. The molecule has 2 rings (SSSR count). The molecule has 138 valence electrons. The Kier molecular flexibility index (Phi) is 7.49. The van der Waals surface area contributed by atoms with E-state index in [-0.39, 0.29) is 13.2 Å². The summed E-state index contributed by atoms with van der Waals surface area (Å²) < 4.78 is 15.4. The van der Waals surface area contributed by atoms with Crippen molar-refractivity contribution in [1.29, 1.82) is 0 Å². The first-order chi connectivity index (χ1) is 12.6. The van der Waals surface area contributed by atoms with Crippen molar-refractivity contribution < 1.29 is 23.8 Å². The van der Waals surface area contributed by atoms with Crippen molar-refractivity contribution in [2.45, 2.75) is 26.0 Å². The minimum atomic E-state index is -0.827. The van der Waals surface area contributed by atoms with Gasteiger partial charge >= 0.3 is 12.1 Å². The van der Waals surface area contributed by atoms with Crippen LogP contribution in [0.15, 0.2) is 54.6 Å². The summed E-state index contributed by atoms with van der Waals surface area (Å²) >= 11 is 0. The first-order valence-electron chi connectivity index (χ1n) is 8.39. The van der Waals surface area contributed by atoms with Gasteiger partial charge in [-0.15, -0.1) is 0 Å². The van der Waals surface area contributed by atoms with Crippen LogP contribution in [0.2, 0.25) is 0 Å². The van der Waals surface area contributed by atoms with Crippen LogP contribution in [0, 0.1) is 0 Å². The Morgan fingerprint density at radius 1 is 0.962 bits per heavy atom. The lowest BCUT2D eigenvalue weighted by Crippen LogP contribution is -2.43. The normalized spacial score (nSPS) is 11.3. The summed E-state index contributed by atoms with van der Waals surface area (Å²) in [6.45, 7) is 2.08. The Balaban J connectivity index is 1.96. The number of nitrogens with one attached hydrogen (secondary N) is 1. The fourth-order valence-corrected chi connectivity index (χ4v) is 2.34. The molecule has 26 heavy (non-hydrogen) atoms. The Labute approximate surface area is 153 Å². The maximum Gasteiger partial charge on any atom is 0.408 e. The summed E-state index contributed by atoms with van der Waals surface area (Å²) in [5.41, 5.74) is 1.73. The van der Waals surface area contributed by atoms with Gasteiger partial charge in [-0.1, -0.05) is 42.5 Å². The van der Waals surface area contributed by atoms with E-state index in [0.29, 0.717) is 6.42 Å². The van der Waals surface area contributed by atoms with Gasteiger partial charge in [-0.05, 0) is 30.2 Å². The highest BCUT2D eigenvalue weighted by Crippen LogP contribution is 2.13. The number of alkyl carbamates (subject to hydrolysis) is 1. The van der Waals surface area contributed by atoms with Crippen LogP contribution in [0.1, 0.15) is 18.1 Å². The monoisotopic (exact) mass is 357 g/mol. The second kappa shape index (κ2) is 10.1. The van der Waals surface area contributed by atoms with E-state index in [1.807, 2.05) is 42.5 Å². The third kappa shape index (κ3) is 6.12. The lowest BCUT2D eigenvalue weighted by atomic mass is 10.1. The van der Waals surface area contributed by atoms with E-state index in [2.05, 4.69) is 5.32 Å². The van der Waals surface area contributed by atoms with E-state index in [1.165, 1.54) is 0 Å². The Bertz CT molecular complexity index is 700. The first kappa shape index (κ1) is 19.3. The quantitative estimate of drug-likeness (QED) is 0.735. The van der Waals surface area contributed by atoms with Gasteiger partial charge in [0.05, 0.1) is 13.7 Å². The van der Waals surface area contributed by atoms with E-state index in [1.54, 1.807) is 26.2 Å². The summed E-state index contributed by atoms with van der Waals surface area (Å²) in [6, 6.07) is 15.8. The predicted octanol–water partition coefficient (Wildman–Crippen LogP) is 3.10. The number of amides is 1. The molecule has 2 aromatic rings. The van der Waals surface area contributed by atoms with Gasteiger partial charge in [0.1, 0.15) is 18.4 Å². The van der Waals surface area contributed by atoms with Crippen LogP contribution in [0.4, 0.5) is 4.79 Å². The average Bonchev–Trinajstić information content (AvgIpc) is 2.67. The predicted molar refractivity (Wildman–Crippen MR) is 96.9 cm³/mol. The zero-order valence-corrected chi connectivity index (χ0v) is 14.9. The zero-order chi connectivity index (χ0) is 18.8. The number of hydrogen-bond donors (Lipinski definition) is 1. The van der Waals surface area contributed by atoms with Crippen LogP contribution in [0.5, 0.6) is 5.75 Å². The van der Waals surface area contributed by atoms with Crippen LogP contribution >= 0.6 is 0 Å². The van der Waals surface area contributed by atoms with Gasteiger partial charge in [-0.3, -0.25) is 0 Å². The minimum absolute atomic E-state index is 0.130. The SMILES string of the molecule is CCOC(=O)[C@H](Cc1ccc(OC)cc1)NC(=O)OCc1ccccc1. The molecule has 0 aliphatic heterocycles. The van der Waals surface area contributed by atoms with Crippen LogP contribution in [-0.2, 0) is 27.3 Å². The fourth-order valence-electron chi connectivity index (χ4n) is 2.34. The minimum Gasteiger partial charge on any atom is -0.497 e. The molecule has 0 saturated heterocycles. The number of ether oxygens (including phenoxy) is 3. The average molecular weight is 357 g/mol. The molecule has 1 atom stereocenters. The van der Waals surface area contributed by atoms with E-state index in [9.17, 15) is 9.59 Å². The van der Waals surface area contributed by atoms with Crippen molar-refractivity contribution in [3.05, 3.63) is 65.7 Å². The van der Waals surface area contributed by atoms with E-state index < -0.39 is 18.1 Å². The zero-order valence-electron chi connectivity index (χ0n) is 14.9. The molecule has 0 aliphatic rings. The van der Waals surface area contributed by atoms with Crippen LogP contribution in [-0.4, -0.2) is 31.8 Å². The van der Waals surface area contributed by atoms with Crippen molar-refractivity contribution in [3.63, 3.8) is 0 Å². The molecular weight excluding hydrogens is 334 g/mol. The van der Waals surface area contributed by atoms with E-state index >= 15 is 0 Å². The molecule has 6 nitrogen and oxygen atoms in total. The largest absolute Gasteiger partial charge is 0.497 e. The van der Waals surface area contributed by atoms with Crippen LogP contribution < -0.4 is 10.1 Å². The van der Waals surface area contributed by atoms with Gasteiger partial charge < -0.3 is 19.5 Å². The first-order valence-corrected chi connectivity index (χ1v) is 8.39. The number of hydrogen-bond acceptors (Lipinski definition) is 5. The topological polar surface area (TPSA) is 73.9 Å². The molecule has 0 spiro atoms. The summed E-state index contributed by atoms with van der Waals surface area (Å²) in [5, 5.41) is 2.58. The number of rotatable bonds is 8. The van der Waals surface area contributed by atoms with E-state index in [4.69, 9.17) is 14.2 Å². The second-order valence-corrected chi connectivity index (χ2v) is 5.56.